The van der Waals surface area contributed by atoms with Crippen LogP contribution >= 0.6 is 0 Å². The van der Waals surface area contributed by atoms with Gasteiger partial charge in [-0.15, -0.1) is 0 Å². The molecule has 13 heavy (non-hydrogen) atoms. The average molecular weight is 172 g/mol. The highest BCUT2D eigenvalue weighted by atomic mass is 14.1. The summed E-state index contributed by atoms with van der Waals surface area (Å²) in [5.74, 6) is 0.700. The Labute approximate surface area is 80.3 Å². The Hall–Kier alpha value is -1.04. The van der Waals surface area contributed by atoms with Crippen LogP contribution in [0.25, 0.3) is 6.08 Å². The number of fused-ring (bicyclic) bond motifs is 1. The van der Waals surface area contributed by atoms with Gasteiger partial charge in [0.1, 0.15) is 0 Å². The molecule has 68 valence electrons. The summed E-state index contributed by atoms with van der Waals surface area (Å²) in [5, 5.41) is 0. The van der Waals surface area contributed by atoms with E-state index in [4.69, 9.17) is 0 Å². The molecule has 1 atom stereocenters. The maximum atomic E-state index is 2.36. The van der Waals surface area contributed by atoms with Crippen molar-refractivity contribution in [3.8, 4) is 0 Å². The second kappa shape index (κ2) is 3.37. The zero-order valence-electron chi connectivity index (χ0n) is 8.38. The maximum absolute atomic E-state index is 2.36. The van der Waals surface area contributed by atoms with E-state index in [1.54, 1.807) is 0 Å². The molecular formula is C13H16. The molecule has 1 aliphatic carbocycles. The topological polar surface area (TPSA) is 0 Å². The number of hydrogen-bond donors (Lipinski definition) is 0. The number of benzene rings is 1. The third kappa shape index (κ3) is 1.53. The molecule has 0 aromatic heterocycles. The van der Waals surface area contributed by atoms with Crippen LogP contribution < -0.4 is 0 Å². The highest BCUT2D eigenvalue weighted by Crippen LogP contribution is 2.25. The van der Waals surface area contributed by atoms with E-state index < -0.39 is 0 Å². The smallest absolute Gasteiger partial charge is 0.00881 e. The van der Waals surface area contributed by atoms with Crippen molar-refractivity contribution in [2.45, 2.75) is 32.6 Å². The Morgan fingerprint density at radius 3 is 3.00 bits per heavy atom. The Balaban J connectivity index is 2.33. The lowest BCUT2D eigenvalue weighted by Crippen LogP contribution is -1.93. The molecule has 0 aliphatic heterocycles. The van der Waals surface area contributed by atoms with Crippen LogP contribution in [0.2, 0.25) is 0 Å². The second-order valence-electron chi connectivity index (χ2n) is 3.87. The van der Waals surface area contributed by atoms with Crippen molar-refractivity contribution < 1.29 is 0 Å². The molecule has 1 aromatic carbocycles. The van der Waals surface area contributed by atoms with Gasteiger partial charge in [-0.25, -0.2) is 0 Å². The van der Waals surface area contributed by atoms with Gasteiger partial charge in [0.05, 0.1) is 0 Å². The predicted molar refractivity (Wildman–Crippen MR) is 57.9 cm³/mol. The maximum Gasteiger partial charge on any atom is -0.00881 e. The molecular weight excluding hydrogens is 156 g/mol. The summed E-state index contributed by atoms with van der Waals surface area (Å²) in [7, 11) is 0. The fourth-order valence-corrected chi connectivity index (χ4v) is 1.82. The van der Waals surface area contributed by atoms with Crippen molar-refractivity contribution in [2.24, 2.45) is 0 Å². The van der Waals surface area contributed by atoms with E-state index >= 15 is 0 Å². The molecule has 1 aromatic rings. The monoisotopic (exact) mass is 172 g/mol. The van der Waals surface area contributed by atoms with Gasteiger partial charge < -0.3 is 0 Å². The molecule has 0 nitrogen and oxygen atoms in total. The van der Waals surface area contributed by atoms with Gasteiger partial charge in [0.25, 0.3) is 0 Å². The summed E-state index contributed by atoms with van der Waals surface area (Å²) in [6.45, 7) is 4.54. The molecule has 0 fully saturated rings. The van der Waals surface area contributed by atoms with Crippen molar-refractivity contribution >= 4 is 6.08 Å². The number of hydrogen-bond acceptors (Lipinski definition) is 0. The molecule has 0 saturated carbocycles. The van der Waals surface area contributed by atoms with Gasteiger partial charge in [0.15, 0.2) is 0 Å². The lowest BCUT2D eigenvalue weighted by atomic mass is 9.95. The third-order valence-electron chi connectivity index (χ3n) is 2.98. The zero-order chi connectivity index (χ0) is 9.26. The fraction of sp³-hybridized carbons (Fsp3) is 0.385. The first kappa shape index (κ1) is 8.55. The van der Waals surface area contributed by atoms with Crippen LogP contribution in [-0.2, 0) is 6.42 Å². The van der Waals surface area contributed by atoms with Gasteiger partial charge in [-0.2, -0.15) is 0 Å². The molecule has 0 bridgehead atoms. The first-order valence-corrected chi connectivity index (χ1v) is 5.10. The summed E-state index contributed by atoms with van der Waals surface area (Å²) in [6.07, 6.45) is 6.81. The van der Waals surface area contributed by atoms with Crippen LogP contribution in [0.4, 0.5) is 0 Å². The van der Waals surface area contributed by atoms with Crippen molar-refractivity contribution in [3.63, 3.8) is 0 Å². The Morgan fingerprint density at radius 2 is 2.23 bits per heavy atom. The molecule has 0 radical (unpaired) electrons. The van der Waals surface area contributed by atoms with Gasteiger partial charge in [-0.1, -0.05) is 44.2 Å². The summed E-state index contributed by atoms with van der Waals surface area (Å²) in [6, 6.07) is 6.88. The highest BCUT2D eigenvalue weighted by Gasteiger charge is 2.08. The van der Waals surface area contributed by atoms with E-state index in [9.17, 15) is 0 Å². The Kier molecular flexibility index (Phi) is 2.22. The molecule has 0 spiro atoms. The predicted octanol–water partition coefficient (Wildman–Crippen LogP) is 3.77. The standard InChI is InChI=1S/C13H16/c1-3-10(2)12-8-7-11-5-4-6-13(11)9-12/h4-5,7-10H,3,6H2,1-2H3. The van der Waals surface area contributed by atoms with Crippen LogP contribution in [0.3, 0.4) is 0 Å². The fourth-order valence-electron chi connectivity index (χ4n) is 1.82. The Bertz CT molecular complexity index is 334. The minimum Gasteiger partial charge on any atom is -0.0795 e. The van der Waals surface area contributed by atoms with E-state index in [2.05, 4.69) is 44.2 Å². The van der Waals surface area contributed by atoms with E-state index in [0.717, 1.165) is 6.42 Å². The van der Waals surface area contributed by atoms with Gasteiger partial charge in [0, 0.05) is 0 Å². The molecule has 1 unspecified atom stereocenters. The second-order valence-corrected chi connectivity index (χ2v) is 3.87. The first-order valence-electron chi connectivity index (χ1n) is 5.10. The minimum atomic E-state index is 0.700. The van der Waals surface area contributed by atoms with E-state index in [1.165, 1.54) is 23.1 Å². The van der Waals surface area contributed by atoms with Crippen LogP contribution in [0.15, 0.2) is 24.3 Å². The number of rotatable bonds is 2. The van der Waals surface area contributed by atoms with Crippen LogP contribution in [0.5, 0.6) is 0 Å². The molecule has 0 heteroatoms. The van der Waals surface area contributed by atoms with Crippen molar-refractivity contribution in [1.82, 2.24) is 0 Å². The van der Waals surface area contributed by atoms with Gasteiger partial charge in [-0.05, 0) is 35.4 Å². The largest absolute Gasteiger partial charge is 0.0795 e. The first-order chi connectivity index (χ1) is 6.31. The van der Waals surface area contributed by atoms with Crippen molar-refractivity contribution in [3.05, 3.63) is 41.0 Å². The quantitative estimate of drug-likeness (QED) is 0.637. The van der Waals surface area contributed by atoms with Crippen LogP contribution in [0.1, 0.15) is 42.9 Å². The Morgan fingerprint density at radius 1 is 1.38 bits per heavy atom. The van der Waals surface area contributed by atoms with Gasteiger partial charge in [-0.3, -0.25) is 0 Å². The lowest BCUT2D eigenvalue weighted by molar-refractivity contribution is 0.732. The molecule has 0 amide bonds. The summed E-state index contributed by atoms with van der Waals surface area (Å²) >= 11 is 0. The normalized spacial score (nSPS) is 15.8. The third-order valence-corrected chi connectivity index (χ3v) is 2.98. The van der Waals surface area contributed by atoms with Crippen LogP contribution in [-0.4, -0.2) is 0 Å². The van der Waals surface area contributed by atoms with Gasteiger partial charge >= 0.3 is 0 Å². The van der Waals surface area contributed by atoms with E-state index in [0.29, 0.717) is 5.92 Å². The molecule has 1 aliphatic rings. The minimum absolute atomic E-state index is 0.700. The molecule has 2 rings (SSSR count). The molecule has 0 saturated heterocycles. The lowest BCUT2D eigenvalue weighted by Gasteiger charge is -2.10. The van der Waals surface area contributed by atoms with Crippen molar-refractivity contribution in [2.75, 3.05) is 0 Å². The zero-order valence-corrected chi connectivity index (χ0v) is 8.38. The molecule has 0 N–H and O–H groups in total. The highest BCUT2D eigenvalue weighted by molar-refractivity contribution is 5.60. The van der Waals surface area contributed by atoms with Gasteiger partial charge in [0.2, 0.25) is 0 Å². The van der Waals surface area contributed by atoms with E-state index in [-0.39, 0.29) is 0 Å². The average Bonchev–Trinajstić information content (AvgIpc) is 2.63. The molecule has 0 heterocycles. The summed E-state index contributed by atoms with van der Waals surface area (Å²) in [4.78, 5) is 0. The van der Waals surface area contributed by atoms with Crippen molar-refractivity contribution in [1.29, 1.82) is 0 Å². The summed E-state index contributed by atoms with van der Waals surface area (Å²) in [5.41, 5.74) is 4.40. The van der Waals surface area contributed by atoms with Crippen LogP contribution in [0, 0.1) is 0 Å². The SMILES string of the molecule is CCC(C)c1ccc2c(c1)CC=C2. The number of allylic oxidation sites excluding steroid dienone is 1. The van der Waals surface area contributed by atoms with E-state index in [1.807, 2.05) is 0 Å². The summed E-state index contributed by atoms with van der Waals surface area (Å²) < 4.78 is 0.